The fourth-order valence-corrected chi connectivity index (χ4v) is 2.49. The summed E-state index contributed by atoms with van der Waals surface area (Å²) in [6.45, 7) is 3.40. The Balaban J connectivity index is 1.81. The quantitative estimate of drug-likeness (QED) is 0.699. The SMILES string of the molecule is COCCN(CCC(=O)NCCc1ccccn1)C(=O)c1ccoc1C. The van der Waals surface area contributed by atoms with Gasteiger partial charge < -0.3 is 19.4 Å². The fourth-order valence-electron chi connectivity index (χ4n) is 2.49. The highest BCUT2D eigenvalue weighted by molar-refractivity contribution is 5.95. The molecule has 2 aromatic heterocycles. The van der Waals surface area contributed by atoms with Crippen molar-refractivity contribution in [2.45, 2.75) is 19.8 Å². The number of furan rings is 1. The molecule has 0 radical (unpaired) electrons. The minimum Gasteiger partial charge on any atom is -0.469 e. The molecule has 1 N–H and O–H groups in total. The minimum atomic E-state index is -0.158. The van der Waals surface area contributed by atoms with Crippen LogP contribution in [0.2, 0.25) is 0 Å². The van der Waals surface area contributed by atoms with E-state index in [2.05, 4.69) is 10.3 Å². The molecular weight excluding hydrogens is 334 g/mol. The molecule has 2 heterocycles. The van der Waals surface area contributed by atoms with Crippen molar-refractivity contribution in [2.75, 3.05) is 33.4 Å². The molecule has 0 aliphatic heterocycles. The first-order valence-corrected chi connectivity index (χ1v) is 8.60. The zero-order chi connectivity index (χ0) is 18.8. The van der Waals surface area contributed by atoms with Gasteiger partial charge in [0.15, 0.2) is 0 Å². The van der Waals surface area contributed by atoms with E-state index in [-0.39, 0.29) is 18.2 Å². The van der Waals surface area contributed by atoms with E-state index in [4.69, 9.17) is 9.15 Å². The van der Waals surface area contributed by atoms with E-state index in [1.807, 2.05) is 18.2 Å². The zero-order valence-electron chi connectivity index (χ0n) is 15.2. The van der Waals surface area contributed by atoms with Crippen molar-refractivity contribution in [3.63, 3.8) is 0 Å². The summed E-state index contributed by atoms with van der Waals surface area (Å²) in [5.74, 6) is 0.312. The number of aryl methyl sites for hydroxylation is 1. The van der Waals surface area contributed by atoms with Crippen LogP contribution in [0.15, 0.2) is 41.1 Å². The number of carbonyl (C=O) groups excluding carboxylic acids is 2. The fraction of sp³-hybridized carbons (Fsp3) is 0.421. The van der Waals surface area contributed by atoms with Gasteiger partial charge in [-0.2, -0.15) is 0 Å². The number of nitrogens with zero attached hydrogens (tertiary/aromatic N) is 2. The number of rotatable bonds is 10. The third kappa shape index (κ3) is 6.00. The lowest BCUT2D eigenvalue weighted by Crippen LogP contribution is -2.37. The Morgan fingerprint density at radius 2 is 2.12 bits per heavy atom. The highest BCUT2D eigenvalue weighted by atomic mass is 16.5. The number of pyridine rings is 1. The maximum Gasteiger partial charge on any atom is 0.257 e. The van der Waals surface area contributed by atoms with E-state index in [0.717, 1.165) is 5.69 Å². The summed E-state index contributed by atoms with van der Waals surface area (Å²) in [6.07, 6.45) is 4.12. The van der Waals surface area contributed by atoms with Gasteiger partial charge >= 0.3 is 0 Å². The van der Waals surface area contributed by atoms with E-state index in [1.165, 1.54) is 6.26 Å². The highest BCUT2D eigenvalue weighted by Crippen LogP contribution is 2.12. The second kappa shape index (κ2) is 10.4. The summed E-state index contributed by atoms with van der Waals surface area (Å²) in [7, 11) is 1.58. The summed E-state index contributed by atoms with van der Waals surface area (Å²) in [4.78, 5) is 30.5. The Kier molecular flexibility index (Phi) is 7.82. The van der Waals surface area contributed by atoms with Crippen LogP contribution in [-0.4, -0.2) is 55.0 Å². The maximum absolute atomic E-state index is 12.6. The molecule has 0 aliphatic rings. The van der Waals surface area contributed by atoms with Crippen molar-refractivity contribution in [2.24, 2.45) is 0 Å². The number of amides is 2. The van der Waals surface area contributed by atoms with Gasteiger partial charge in [-0.1, -0.05) is 6.07 Å². The number of ether oxygens (including phenoxy) is 1. The van der Waals surface area contributed by atoms with Crippen molar-refractivity contribution >= 4 is 11.8 Å². The monoisotopic (exact) mass is 359 g/mol. The van der Waals surface area contributed by atoms with Gasteiger partial charge in [-0.05, 0) is 25.1 Å². The maximum atomic E-state index is 12.6. The third-order valence-electron chi connectivity index (χ3n) is 3.98. The van der Waals surface area contributed by atoms with Crippen LogP contribution in [0.5, 0.6) is 0 Å². The lowest BCUT2D eigenvalue weighted by Gasteiger charge is -2.22. The first-order chi connectivity index (χ1) is 12.6. The van der Waals surface area contributed by atoms with Gasteiger partial charge in [0.1, 0.15) is 5.76 Å². The van der Waals surface area contributed by atoms with E-state index in [0.29, 0.717) is 44.0 Å². The predicted molar refractivity (Wildman–Crippen MR) is 96.8 cm³/mol. The standard InChI is InChI=1S/C19H25N3O4/c1-15-17(8-13-26-15)19(24)22(12-14-25-2)11-7-18(23)21-10-6-16-5-3-4-9-20-16/h3-5,8-9,13H,6-7,10-12,14H2,1-2H3,(H,21,23). The molecule has 7 nitrogen and oxygen atoms in total. The molecule has 0 atom stereocenters. The van der Waals surface area contributed by atoms with E-state index in [9.17, 15) is 9.59 Å². The molecule has 2 amide bonds. The van der Waals surface area contributed by atoms with Crippen LogP contribution in [0.25, 0.3) is 0 Å². The normalized spacial score (nSPS) is 10.5. The largest absolute Gasteiger partial charge is 0.469 e. The number of methoxy groups -OCH3 is 1. The van der Waals surface area contributed by atoms with Gasteiger partial charge in [0.05, 0.1) is 18.4 Å². The Morgan fingerprint density at radius 1 is 1.27 bits per heavy atom. The Bertz CT molecular complexity index is 700. The van der Waals surface area contributed by atoms with Crippen molar-refractivity contribution in [1.29, 1.82) is 0 Å². The molecule has 0 aromatic carbocycles. The van der Waals surface area contributed by atoms with Gasteiger partial charge in [0.2, 0.25) is 5.91 Å². The first-order valence-electron chi connectivity index (χ1n) is 8.60. The molecule has 0 unspecified atom stereocenters. The van der Waals surface area contributed by atoms with Crippen molar-refractivity contribution < 1.29 is 18.7 Å². The van der Waals surface area contributed by atoms with Crippen LogP contribution in [0.3, 0.4) is 0 Å². The second-order valence-electron chi connectivity index (χ2n) is 5.85. The van der Waals surface area contributed by atoms with Crippen molar-refractivity contribution in [1.82, 2.24) is 15.2 Å². The lowest BCUT2D eigenvalue weighted by molar-refractivity contribution is -0.121. The smallest absolute Gasteiger partial charge is 0.257 e. The average Bonchev–Trinajstić information content (AvgIpc) is 3.08. The molecule has 0 spiro atoms. The Hall–Kier alpha value is -2.67. The van der Waals surface area contributed by atoms with Crippen LogP contribution >= 0.6 is 0 Å². The number of hydrogen-bond donors (Lipinski definition) is 1. The number of carbonyl (C=O) groups is 2. The summed E-state index contributed by atoms with van der Waals surface area (Å²) in [5.41, 5.74) is 1.44. The zero-order valence-corrected chi connectivity index (χ0v) is 15.2. The molecule has 0 saturated heterocycles. The lowest BCUT2D eigenvalue weighted by atomic mass is 10.2. The van der Waals surface area contributed by atoms with E-state index in [1.54, 1.807) is 31.2 Å². The molecule has 140 valence electrons. The molecule has 7 heteroatoms. The molecule has 0 bridgehead atoms. The Morgan fingerprint density at radius 3 is 2.77 bits per heavy atom. The molecule has 0 saturated carbocycles. The average molecular weight is 359 g/mol. The predicted octanol–water partition coefficient (Wildman–Crippen LogP) is 1.82. The van der Waals surface area contributed by atoms with Crippen LogP contribution in [-0.2, 0) is 16.0 Å². The number of aromatic nitrogens is 1. The van der Waals surface area contributed by atoms with Crippen molar-refractivity contribution in [3.05, 3.63) is 53.7 Å². The first kappa shape index (κ1) is 19.7. The van der Waals surface area contributed by atoms with Crippen molar-refractivity contribution in [3.8, 4) is 0 Å². The van der Waals surface area contributed by atoms with E-state index < -0.39 is 0 Å². The van der Waals surface area contributed by atoms with Gasteiger partial charge in [0.25, 0.3) is 5.91 Å². The van der Waals surface area contributed by atoms with Crippen LogP contribution in [0.1, 0.15) is 28.2 Å². The highest BCUT2D eigenvalue weighted by Gasteiger charge is 2.20. The van der Waals surface area contributed by atoms with Crippen LogP contribution < -0.4 is 5.32 Å². The summed E-state index contributed by atoms with van der Waals surface area (Å²) in [6, 6.07) is 7.34. The molecule has 2 rings (SSSR count). The van der Waals surface area contributed by atoms with Gasteiger partial charge in [-0.25, -0.2) is 0 Å². The second-order valence-corrected chi connectivity index (χ2v) is 5.85. The molecule has 26 heavy (non-hydrogen) atoms. The van der Waals surface area contributed by atoms with Gasteiger partial charge in [-0.15, -0.1) is 0 Å². The summed E-state index contributed by atoms with van der Waals surface area (Å²) < 4.78 is 10.3. The molecule has 2 aromatic rings. The number of nitrogens with one attached hydrogen (secondary N) is 1. The summed E-state index contributed by atoms with van der Waals surface area (Å²) >= 11 is 0. The number of hydrogen-bond acceptors (Lipinski definition) is 5. The van der Waals surface area contributed by atoms with E-state index >= 15 is 0 Å². The third-order valence-corrected chi connectivity index (χ3v) is 3.98. The molecular formula is C19H25N3O4. The minimum absolute atomic E-state index is 0.0972. The topological polar surface area (TPSA) is 84.7 Å². The summed E-state index contributed by atoms with van der Waals surface area (Å²) in [5, 5.41) is 2.86. The molecule has 0 fully saturated rings. The molecule has 0 aliphatic carbocycles. The van der Waals surface area contributed by atoms with Crippen LogP contribution in [0.4, 0.5) is 0 Å². The Labute approximate surface area is 153 Å². The van der Waals surface area contributed by atoms with Gasteiger partial charge in [-0.3, -0.25) is 14.6 Å². The van der Waals surface area contributed by atoms with Crippen LogP contribution in [0, 0.1) is 6.92 Å². The van der Waals surface area contributed by atoms with Gasteiger partial charge in [0, 0.05) is 51.5 Å².